The maximum atomic E-state index is 12.5. The number of ether oxygens (including phenoxy) is 1. The summed E-state index contributed by atoms with van der Waals surface area (Å²) in [4.78, 5) is 36.8. The van der Waals surface area contributed by atoms with E-state index in [0.717, 1.165) is 0 Å². The summed E-state index contributed by atoms with van der Waals surface area (Å²) in [6, 6.07) is 7.54. The number of hydrogen-bond donors (Lipinski definition) is 1. The van der Waals surface area contributed by atoms with Crippen LogP contribution in [0.3, 0.4) is 0 Å². The number of hydrogen-bond acceptors (Lipinski definition) is 5. The van der Waals surface area contributed by atoms with Crippen molar-refractivity contribution in [2.24, 2.45) is 7.05 Å². The molecule has 0 aliphatic heterocycles. The van der Waals surface area contributed by atoms with Gasteiger partial charge in [-0.15, -0.1) is 0 Å². The lowest BCUT2D eigenvalue weighted by atomic mass is 10.0. The number of amides is 1. The monoisotopic (exact) mass is 329 g/mol. The Morgan fingerprint density at radius 1 is 1.17 bits per heavy atom. The SMILES string of the molecule is COC(=O)[C@@H](NC(=O)C(=O)c1c(C)nn(C)c1C)c1ccccc1. The summed E-state index contributed by atoms with van der Waals surface area (Å²) < 4.78 is 6.26. The molecule has 0 bridgehead atoms. The average molecular weight is 329 g/mol. The number of methoxy groups -OCH3 is 1. The second-order valence-corrected chi connectivity index (χ2v) is 5.34. The summed E-state index contributed by atoms with van der Waals surface area (Å²) in [5.41, 5.74) is 1.82. The highest BCUT2D eigenvalue weighted by atomic mass is 16.5. The van der Waals surface area contributed by atoms with Gasteiger partial charge in [-0.05, 0) is 19.4 Å². The molecule has 2 aromatic rings. The van der Waals surface area contributed by atoms with E-state index in [4.69, 9.17) is 4.74 Å². The molecule has 1 N–H and O–H groups in total. The largest absolute Gasteiger partial charge is 0.467 e. The molecule has 0 unspecified atom stereocenters. The second kappa shape index (κ2) is 7.08. The second-order valence-electron chi connectivity index (χ2n) is 5.34. The molecule has 0 fully saturated rings. The van der Waals surface area contributed by atoms with E-state index in [1.165, 1.54) is 11.8 Å². The molecule has 0 radical (unpaired) electrons. The molecule has 7 heteroatoms. The number of nitrogens with one attached hydrogen (secondary N) is 1. The number of Topliss-reactive ketones (excluding diaryl/α,β-unsaturated/α-hetero) is 1. The van der Waals surface area contributed by atoms with Gasteiger partial charge in [0, 0.05) is 12.7 Å². The number of aryl methyl sites for hydroxylation is 2. The zero-order valence-electron chi connectivity index (χ0n) is 14.0. The summed E-state index contributed by atoms with van der Waals surface area (Å²) in [7, 11) is 2.92. The van der Waals surface area contributed by atoms with Gasteiger partial charge in [-0.25, -0.2) is 4.79 Å². The Kier molecular flexibility index (Phi) is 5.13. The molecule has 0 aliphatic carbocycles. The first-order chi connectivity index (χ1) is 11.4. The minimum absolute atomic E-state index is 0.242. The Labute approximate surface area is 139 Å². The highest BCUT2D eigenvalue weighted by Gasteiger charge is 2.29. The maximum absolute atomic E-state index is 12.5. The predicted octanol–water partition coefficient (Wildman–Crippen LogP) is 1.25. The fourth-order valence-electron chi connectivity index (χ4n) is 2.45. The topological polar surface area (TPSA) is 90.3 Å². The Hall–Kier alpha value is -2.96. The van der Waals surface area contributed by atoms with Crippen molar-refractivity contribution in [2.45, 2.75) is 19.9 Å². The van der Waals surface area contributed by atoms with Crippen LogP contribution in [0.15, 0.2) is 30.3 Å². The van der Waals surface area contributed by atoms with Crippen molar-refractivity contribution >= 4 is 17.7 Å². The van der Waals surface area contributed by atoms with E-state index in [-0.39, 0.29) is 5.56 Å². The minimum atomic E-state index is -1.05. The van der Waals surface area contributed by atoms with Crippen LogP contribution in [-0.4, -0.2) is 34.6 Å². The average Bonchev–Trinajstić information content (AvgIpc) is 2.84. The first kappa shape index (κ1) is 17.4. The van der Waals surface area contributed by atoms with Gasteiger partial charge in [-0.3, -0.25) is 14.3 Å². The van der Waals surface area contributed by atoms with Gasteiger partial charge in [0.05, 0.1) is 18.4 Å². The van der Waals surface area contributed by atoms with Crippen LogP contribution < -0.4 is 5.32 Å². The molecule has 0 spiro atoms. The van der Waals surface area contributed by atoms with Gasteiger partial charge in [0.25, 0.3) is 11.7 Å². The Bertz CT molecular complexity index is 781. The van der Waals surface area contributed by atoms with Gasteiger partial charge >= 0.3 is 5.97 Å². The summed E-state index contributed by atoms with van der Waals surface area (Å²) in [6.45, 7) is 3.36. The molecule has 24 heavy (non-hydrogen) atoms. The molecule has 0 saturated heterocycles. The molecule has 2 rings (SSSR count). The molecule has 1 atom stereocenters. The number of aromatic nitrogens is 2. The highest BCUT2D eigenvalue weighted by Crippen LogP contribution is 2.16. The van der Waals surface area contributed by atoms with Crippen molar-refractivity contribution in [3.05, 3.63) is 52.8 Å². The van der Waals surface area contributed by atoms with Crippen LogP contribution in [-0.2, 0) is 21.4 Å². The third-order valence-corrected chi connectivity index (χ3v) is 3.79. The summed E-state index contributed by atoms with van der Waals surface area (Å²) in [5, 5.41) is 6.57. The van der Waals surface area contributed by atoms with E-state index < -0.39 is 23.7 Å². The van der Waals surface area contributed by atoms with Gasteiger partial charge in [-0.2, -0.15) is 5.10 Å². The number of rotatable bonds is 5. The lowest BCUT2D eigenvalue weighted by Crippen LogP contribution is -2.39. The van der Waals surface area contributed by atoms with Crippen molar-refractivity contribution in [3.8, 4) is 0 Å². The Morgan fingerprint density at radius 3 is 2.29 bits per heavy atom. The summed E-state index contributed by atoms with van der Waals surface area (Å²) in [6.07, 6.45) is 0. The molecule has 1 aromatic carbocycles. The van der Waals surface area contributed by atoms with Crippen LogP contribution in [0.5, 0.6) is 0 Å². The fourth-order valence-corrected chi connectivity index (χ4v) is 2.45. The Morgan fingerprint density at radius 2 is 1.79 bits per heavy atom. The van der Waals surface area contributed by atoms with Crippen molar-refractivity contribution < 1.29 is 19.1 Å². The normalized spacial score (nSPS) is 11.7. The Balaban J connectivity index is 2.28. The molecule has 126 valence electrons. The number of esters is 1. The van der Waals surface area contributed by atoms with Crippen LogP contribution in [0.25, 0.3) is 0 Å². The van der Waals surface area contributed by atoms with Gasteiger partial charge < -0.3 is 10.1 Å². The third kappa shape index (κ3) is 3.34. The van der Waals surface area contributed by atoms with Gasteiger partial charge in [-0.1, -0.05) is 30.3 Å². The van der Waals surface area contributed by atoms with Crippen molar-refractivity contribution in [1.82, 2.24) is 15.1 Å². The van der Waals surface area contributed by atoms with E-state index in [1.807, 2.05) is 0 Å². The molecule has 1 heterocycles. The van der Waals surface area contributed by atoms with Gasteiger partial charge in [0.2, 0.25) is 0 Å². The van der Waals surface area contributed by atoms with E-state index in [9.17, 15) is 14.4 Å². The lowest BCUT2D eigenvalue weighted by molar-refractivity contribution is -0.144. The summed E-state index contributed by atoms with van der Waals surface area (Å²) in [5.74, 6) is -2.27. The molecular formula is C17H19N3O4. The molecule has 0 saturated carbocycles. The fraction of sp³-hybridized carbons (Fsp3) is 0.294. The molecule has 0 aliphatic rings. The quantitative estimate of drug-likeness (QED) is 0.506. The molecule has 7 nitrogen and oxygen atoms in total. The van der Waals surface area contributed by atoms with Crippen molar-refractivity contribution in [3.63, 3.8) is 0 Å². The van der Waals surface area contributed by atoms with Gasteiger partial charge in [0.1, 0.15) is 0 Å². The van der Waals surface area contributed by atoms with Crippen molar-refractivity contribution in [1.29, 1.82) is 0 Å². The van der Waals surface area contributed by atoms with E-state index in [2.05, 4.69) is 10.4 Å². The minimum Gasteiger partial charge on any atom is -0.467 e. The maximum Gasteiger partial charge on any atom is 0.333 e. The predicted molar refractivity (Wildman–Crippen MR) is 86.4 cm³/mol. The first-order valence-electron chi connectivity index (χ1n) is 7.35. The first-order valence-corrected chi connectivity index (χ1v) is 7.35. The summed E-state index contributed by atoms with van der Waals surface area (Å²) >= 11 is 0. The standard InChI is InChI=1S/C17H19N3O4/c1-10-13(11(2)20(3)19-10)15(21)16(22)18-14(17(23)24-4)12-8-6-5-7-9-12/h5-9,14H,1-4H3,(H,18,22)/t14-/m0/s1. The van der Waals surface area contributed by atoms with Crippen LogP contribution in [0.1, 0.15) is 33.4 Å². The van der Waals surface area contributed by atoms with E-state index >= 15 is 0 Å². The van der Waals surface area contributed by atoms with E-state index in [0.29, 0.717) is 17.0 Å². The zero-order chi connectivity index (χ0) is 17.9. The number of ketones is 1. The van der Waals surface area contributed by atoms with Crippen LogP contribution in [0.2, 0.25) is 0 Å². The van der Waals surface area contributed by atoms with Crippen LogP contribution >= 0.6 is 0 Å². The zero-order valence-corrected chi connectivity index (χ0v) is 14.0. The van der Waals surface area contributed by atoms with E-state index in [1.54, 1.807) is 51.2 Å². The van der Waals surface area contributed by atoms with Crippen LogP contribution in [0.4, 0.5) is 0 Å². The number of carbonyl (C=O) groups excluding carboxylic acids is 3. The van der Waals surface area contributed by atoms with Gasteiger partial charge in [0.15, 0.2) is 6.04 Å². The third-order valence-electron chi connectivity index (χ3n) is 3.79. The molecule has 1 amide bonds. The lowest BCUT2D eigenvalue weighted by Gasteiger charge is -2.16. The number of nitrogens with zero attached hydrogens (tertiary/aromatic N) is 2. The molecule has 1 aromatic heterocycles. The number of carbonyl (C=O) groups is 3. The van der Waals surface area contributed by atoms with Crippen molar-refractivity contribution in [2.75, 3.05) is 7.11 Å². The number of benzene rings is 1. The smallest absolute Gasteiger partial charge is 0.333 e. The highest BCUT2D eigenvalue weighted by molar-refractivity contribution is 6.43. The molecular weight excluding hydrogens is 310 g/mol. The van der Waals surface area contributed by atoms with Crippen LogP contribution in [0, 0.1) is 13.8 Å².